The predicted octanol–water partition coefficient (Wildman–Crippen LogP) is 3.56. The lowest BCUT2D eigenvalue weighted by Gasteiger charge is -2.29. The average Bonchev–Trinajstić information content (AvgIpc) is 2.56. The Labute approximate surface area is 156 Å². The first-order valence-corrected chi connectivity index (χ1v) is 9.43. The monoisotopic (exact) mass is 396 g/mol. The SMILES string of the molecule is Cc1ccc(S(=O)(=O)N(c2ccc([N+](=O)[O-])cc2C)C(C)C(=O)Cl)cc1. The van der Waals surface area contributed by atoms with E-state index in [4.69, 9.17) is 11.6 Å². The fraction of sp³-hybridized carbons (Fsp3) is 0.235. The lowest BCUT2D eigenvalue weighted by Crippen LogP contribution is -2.42. The Morgan fingerprint density at radius 2 is 1.73 bits per heavy atom. The van der Waals surface area contributed by atoms with Gasteiger partial charge in [0, 0.05) is 12.1 Å². The quantitative estimate of drug-likeness (QED) is 0.422. The summed E-state index contributed by atoms with van der Waals surface area (Å²) in [6.07, 6.45) is 0. The number of sulfonamides is 1. The van der Waals surface area contributed by atoms with E-state index in [0.717, 1.165) is 9.87 Å². The number of nitro groups is 1. The van der Waals surface area contributed by atoms with E-state index in [2.05, 4.69) is 0 Å². The molecule has 0 radical (unpaired) electrons. The second kappa shape index (κ2) is 7.43. The Morgan fingerprint density at radius 1 is 1.15 bits per heavy atom. The minimum Gasteiger partial charge on any atom is -0.279 e. The van der Waals surface area contributed by atoms with Gasteiger partial charge in [0.05, 0.1) is 15.5 Å². The summed E-state index contributed by atoms with van der Waals surface area (Å²) in [5.41, 5.74) is 1.18. The Hall–Kier alpha value is -2.45. The lowest BCUT2D eigenvalue weighted by molar-refractivity contribution is -0.384. The number of carbonyl (C=O) groups is 1. The van der Waals surface area contributed by atoms with Crippen molar-refractivity contribution in [3.8, 4) is 0 Å². The fourth-order valence-corrected chi connectivity index (χ4v) is 4.30. The van der Waals surface area contributed by atoms with Gasteiger partial charge < -0.3 is 0 Å². The number of rotatable bonds is 6. The summed E-state index contributed by atoms with van der Waals surface area (Å²) in [7, 11) is -4.11. The van der Waals surface area contributed by atoms with Crippen LogP contribution in [0.4, 0.5) is 11.4 Å². The first-order valence-electron chi connectivity index (χ1n) is 7.61. The molecule has 2 aromatic rings. The molecule has 0 amide bonds. The molecule has 0 saturated carbocycles. The standard InChI is InChI=1S/C17H17ClN2O5S/c1-11-4-7-15(8-5-11)26(24,25)19(13(3)17(18)21)16-9-6-14(20(22)23)10-12(16)2/h4-10,13H,1-3H3. The second-order valence-electron chi connectivity index (χ2n) is 5.82. The van der Waals surface area contributed by atoms with Crippen LogP contribution in [-0.2, 0) is 14.8 Å². The molecule has 1 unspecified atom stereocenters. The van der Waals surface area contributed by atoms with Crippen LogP contribution in [0.3, 0.4) is 0 Å². The molecular weight excluding hydrogens is 380 g/mol. The van der Waals surface area contributed by atoms with Gasteiger partial charge in [0.2, 0.25) is 5.24 Å². The van der Waals surface area contributed by atoms with Gasteiger partial charge in [0.15, 0.2) is 0 Å². The van der Waals surface area contributed by atoms with Crippen LogP contribution in [0.15, 0.2) is 47.4 Å². The van der Waals surface area contributed by atoms with Gasteiger partial charge in [0.25, 0.3) is 15.7 Å². The summed E-state index contributed by atoms with van der Waals surface area (Å²) in [5.74, 6) is 0. The molecule has 138 valence electrons. The van der Waals surface area contributed by atoms with Crippen LogP contribution in [0.5, 0.6) is 0 Å². The van der Waals surface area contributed by atoms with Gasteiger partial charge in [-0.2, -0.15) is 0 Å². The van der Waals surface area contributed by atoms with E-state index in [1.807, 2.05) is 6.92 Å². The van der Waals surface area contributed by atoms with Gasteiger partial charge in [-0.1, -0.05) is 17.7 Å². The third-order valence-electron chi connectivity index (χ3n) is 3.89. The zero-order valence-corrected chi connectivity index (χ0v) is 15.9. The van der Waals surface area contributed by atoms with Crippen molar-refractivity contribution in [1.29, 1.82) is 0 Å². The van der Waals surface area contributed by atoms with Crippen LogP contribution >= 0.6 is 11.6 Å². The van der Waals surface area contributed by atoms with Crippen molar-refractivity contribution in [2.75, 3.05) is 4.31 Å². The molecular formula is C17H17ClN2O5S. The van der Waals surface area contributed by atoms with Gasteiger partial charge >= 0.3 is 0 Å². The Balaban J connectivity index is 2.66. The molecule has 0 N–H and O–H groups in total. The highest BCUT2D eigenvalue weighted by atomic mass is 35.5. The molecule has 0 aromatic heterocycles. The molecule has 1 atom stereocenters. The van der Waals surface area contributed by atoms with Gasteiger partial charge in [0.1, 0.15) is 6.04 Å². The summed E-state index contributed by atoms with van der Waals surface area (Å²) in [6, 6.07) is 8.69. The molecule has 0 spiro atoms. The Bertz CT molecular complexity index is 958. The molecule has 2 rings (SSSR count). The summed E-state index contributed by atoms with van der Waals surface area (Å²) < 4.78 is 27.2. The van der Waals surface area contributed by atoms with Crippen LogP contribution < -0.4 is 4.31 Å². The van der Waals surface area contributed by atoms with Crippen LogP contribution in [-0.4, -0.2) is 24.6 Å². The molecule has 2 aromatic carbocycles. The molecule has 0 fully saturated rings. The fourth-order valence-electron chi connectivity index (χ4n) is 2.46. The van der Waals surface area contributed by atoms with E-state index < -0.39 is 26.2 Å². The Morgan fingerprint density at radius 3 is 2.19 bits per heavy atom. The van der Waals surface area contributed by atoms with Gasteiger partial charge in [-0.3, -0.25) is 19.2 Å². The van der Waals surface area contributed by atoms with Crippen molar-refractivity contribution in [1.82, 2.24) is 0 Å². The van der Waals surface area contributed by atoms with Crippen molar-refractivity contribution in [2.24, 2.45) is 0 Å². The minimum absolute atomic E-state index is 0.00869. The number of anilines is 1. The maximum absolute atomic E-state index is 13.1. The number of carbonyl (C=O) groups excluding carboxylic acids is 1. The molecule has 0 aliphatic rings. The lowest BCUT2D eigenvalue weighted by atomic mass is 10.1. The highest BCUT2D eigenvalue weighted by Crippen LogP contribution is 2.32. The number of non-ortho nitro benzene ring substituents is 1. The van der Waals surface area contributed by atoms with E-state index in [0.29, 0.717) is 5.56 Å². The topological polar surface area (TPSA) is 97.6 Å². The van der Waals surface area contributed by atoms with Crippen molar-refractivity contribution in [2.45, 2.75) is 31.7 Å². The minimum atomic E-state index is -4.11. The van der Waals surface area contributed by atoms with Gasteiger partial charge in [-0.05, 0) is 56.1 Å². The number of aryl methyl sites for hydroxylation is 2. The van der Waals surface area contributed by atoms with E-state index in [1.165, 1.54) is 44.2 Å². The van der Waals surface area contributed by atoms with E-state index >= 15 is 0 Å². The Kier molecular flexibility index (Phi) is 5.68. The maximum Gasteiger partial charge on any atom is 0.269 e. The first-order chi connectivity index (χ1) is 12.1. The summed E-state index contributed by atoms with van der Waals surface area (Å²) in [6.45, 7) is 4.72. The van der Waals surface area contributed by atoms with Crippen molar-refractivity contribution in [3.63, 3.8) is 0 Å². The van der Waals surface area contributed by atoms with Gasteiger partial charge in [-0.15, -0.1) is 0 Å². The van der Waals surface area contributed by atoms with E-state index in [9.17, 15) is 23.3 Å². The predicted molar refractivity (Wildman–Crippen MR) is 99.0 cm³/mol. The molecule has 0 aliphatic heterocycles. The molecule has 7 nitrogen and oxygen atoms in total. The highest BCUT2D eigenvalue weighted by molar-refractivity contribution is 7.93. The third-order valence-corrected chi connectivity index (χ3v) is 6.10. The van der Waals surface area contributed by atoms with Crippen molar-refractivity contribution < 1.29 is 18.1 Å². The smallest absolute Gasteiger partial charge is 0.269 e. The van der Waals surface area contributed by atoms with Gasteiger partial charge in [-0.25, -0.2) is 8.42 Å². The van der Waals surface area contributed by atoms with Crippen LogP contribution in [0.25, 0.3) is 0 Å². The van der Waals surface area contributed by atoms with Crippen LogP contribution in [0.2, 0.25) is 0 Å². The summed E-state index contributed by atoms with van der Waals surface area (Å²) in [4.78, 5) is 22.1. The molecule has 0 aliphatic carbocycles. The number of hydrogen-bond acceptors (Lipinski definition) is 5. The molecule has 26 heavy (non-hydrogen) atoms. The summed E-state index contributed by atoms with van der Waals surface area (Å²) >= 11 is 5.57. The zero-order chi connectivity index (χ0) is 19.6. The van der Waals surface area contributed by atoms with E-state index in [1.54, 1.807) is 12.1 Å². The normalized spacial score (nSPS) is 12.5. The van der Waals surface area contributed by atoms with Crippen LogP contribution in [0.1, 0.15) is 18.1 Å². The maximum atomic E-state index is 13.1. The molecule has 0 saturated heterocycles. The summed E-state index contributed by atoms with van der Waals surface area (Å²) in [5, 5.41) is 10.1. The third kappa shape index (κ3) is 3.86. The van der Waals surface area contributed by atoms with Crippen LogP contribution in [0, 0.1) is 24.0 Å². The first kappa shape index (κ1) is 19.9. The number of benzene rings is 2. The van der Waals surface area contributed by atoms with E-state index in [-0.39, 0.29) is 16.3 Å². The second-order valence-corrected chi connectivity index (χ2v) is 8.01. The highest BCUT2D eigenvalue weighted by Gasteiger charge is 2.34. The molecule has 0 bridgehead atoms. The van der Waals surface area contributed by atoms with Crippen molar-refractivity contribution in [3.05, 3.63) is 63.7 Å². The number of halogens is 1. The largest absolute Gasteiger partial charge is 0.279 e. The average molecular weight is 397 g/mol. The number of nitro benzene ring substituents is 1. The number of nitrogens with zero attached hydrogens (tertiary/aromatic N) is 2. The number of hydrogen-bond donors (Lipinski definition) is 0. The molecule has 0 heterocycles. The van der Waals surface area contributed by atoms with Crippen molar-refractivity contribution >= 4 is 38.2 Å². The molecule has 9 heteroatoms. The zero-order valence-electron chi connectivity index (χ0n) is 14.3.